The lowest BCUT2D eigenvalue weighted by Gasteiger charge is -2.52. The van der Waals surface area contributed by atoms with Crippen molar-refractivity contribution >= 4 is 6.09 Å². The number of methoxy groups -OCH3 is 2. The zero-order valence-electron chi connectivity index (χ0n) is 13.8. The second-order valence-electron chi connectivity index (χ2n) is 6.59. The Morgan fingerprint density at radius 1 is 1.22 bits per heavy atom. The Morgan fingerprint density at radius 2 is 1.96 bits per heavy atom. The second kappa shape index (κ2) is 6.40. The van der Waals surface area contributed by atoms with E-state index in [0.29, 0.717) is 13.0 Å². The van der Waals surface area contributed by atoms with Gasteiger partial charge >= 0.3 is 6.09 Å². The maximum atomic E-state index is 12.2. The molecule has 1 aromatic rings. The summed E-state index contributed by atoms with van der Waals surface area (Å²) >= 11 is 0. The fourth-order valence-electron chi connectivity index (χ4n) is 4.22. The molecule has 2 aliphatic rings. The summed E-state index contributed by atoms with van der Waals surface area (Å²) in [5.74, 6) is 0.838. The van der Waals surface area contributed by atoms with E-state index >= 15 is 0 Å². The van der Waals surface area contributed by atoms with E-state index in [1.54, 1.807) is 12.0 Å². The van der Waals surface area contributed by atoms with E-state index in [0.717, 1.165) is 37.0 Å². The highest BCUT2D eigenvalue weighted by molar-refractivity contribution is 5.68. The van der Waals surface area contributed by atoms with Gasteiger partial charge in [-0.25, -0.2) is 4.79 Å². The normalized spacial score (nSPS) is 30.5. The van der Waals surface area contributed by atoms with Crippen LogP contribution in [-0.2, 0) is 4.74 Å². The van der Waals surface area contributed by atoms with Crippen molar-refractivity contribution in [2.24, 2.45) is 5.92 Å². The Bertz CT molecular complexity index is 559. The molecule has 3 rings (SSSR count). The van der Waals surface area contributed by atoms with E-state index in [-0.39, 0.29) is 18.1 Å². The average molecular weight is 319 g/mol. The number of likely N-dealkylation sites (tertiary alicyclic amines) is 1. The van der Waals surface area contributed by atoms with Gasteiger partial charge in [0.25, 0.3) is 0 Å². The van der Waals surface area contributed by atoms with Crippen LogP contribution in [0.15, 0.2) is 24.3 Å². The maximum Gasteiger partial charge on any atom is 0.410 e. The van der Waals surface area contributed by atoms with E-state index in [1.807, 2.05) is 24.3 Å². The minimum absolute atomic E-state index is 0.0532. The van der Waals surface area contributed by atoms with Crippen LogP contribution >= 0.6 is 0 Å². The molecule has 23 heavy (non-hydrogen) atoms. The van der Waals surface area contributed by atoms with E-state index in [4.69, 9.17) is 9.47 Å². The Kier molecular flexibility index (Phi) is 4.48. The largest absolute Gasteiger partial charge is 0.497 e. The van der Waals surface area contributed by atoms with Gasteiger partial charge in [0.1, 0.15) is 5.75 Å². The van der Waals surface area contributed by atoms with Crippen molar-refractivity contribution in [1.82, 2.24) is 4.90 Å². The van der Waals surface area contributed by atoms with Gasteiger partial charge in [-0.15, -0.1) is 0 Å². The molecule has 1 saturated heterocycles. The van der Waals surface area contributed by atoms with E-state index in [2.05, 4.69) is 0 Å². The molecule has 2 fully saturated rings. The molecule has 1 aliphatic carbocycles. The molecule has 5 nitrogen and oxygen atoms in total. The first-order valence-corrected chi connectivity index (χ1v) is 8.30. The van der Waals surface area contributed by atoms with E-state index in [1.165, 1.54) is 7.11 Å². The number of amides is 1. The minimum Gasteiger partial charge on any atom is -0.497 e. The van der Waals surface area contributed by atoms with Crippen LogP contribution in [0.4, 0.5) is 4.79 Å². The van der Waals surface area contributed by atoms with Gasteiger partial charge in [0.15, 0.2) is 0 Å². The molecule has 1 heterocycles. The van der Waals surface area contributed by atoms with Gasteiger partial charge in [0, 0.05) is 12.5 Å². The zero-order chi connectivity index (χ0) is 16.4. The Hall–Kier alpha value is -1.75. The standard InChI is InChI=1S/C18H25NO4/c1-22-14-8-6-13(7-9-14)16-15-5-3-4-10-18(15,21)11-12-19(16)17(20)23-2/h6-9,15-16,21H,3-5,10-12H2,1-2H3/t15?,16-,18?/m0/s1. The van der Waals surface area contributed by atoms with Crippen molar-refractivity contribution < 1.29 is 19.4 Å². The number of aliphatic hydroxyl groups is 1. The molecule has 5 heteroatoms. The Labute approximate surface area is 137 Å². The molecule has 1 N–H and O–H groups in total. The highest BCUT2D eigenvalue weighted by atomic mass is 16.5. The lowest BCUT2D eigenvalue weighted by atomic mass is 9.66. The molecule has 1 saturated carbocycles. The summed E-state index contributed by atoms with van der Waals surface area (Å²) in [5, 5.41) is 11.1. The predicted octanol–water partition coefficient (Wildman–Crippen LogP) is 3.13. The number of rotatable bonds is 2. The number of fused-ring (bicyclic) bond motifs is 1. The van der Waals surface area contributed by atoms with Crippen molar-refractivity contribution in [2.75, 3.05) is 20.8 Å². The first-order chi connectivity index (χ1) is 11.1. The minimum atomic E-state index is -0.673. The zero-order valence-corrected chi connectivity index (χ0v) is 13.8. The molecule has 3 atom stereocenters. The van der Waals surface area contributed by atoms with Crippen LogP contribution in [0.3, 0.4) is 0 Å². The predicted molar refractivity (Wildman–Crippen MR) is 86.4 cm³/mol. The quantitative estimate of drug-likeness (QED) is 0.910. The van der Waals surface area contributed by atoms with Crippen LogP contribution in [0, 0.1) is 5.92 Å². The molecule has 1 aromatic carbocycles. The van der Waals surface area contributed by atoms with Crippen LogP contribution in [0.25, 0.3) is 0 Å². The lowest BCUT2D eigenvalue weighted by Crippen LogP contribution is -2.56. The second-order valence-corrected chi connectivity index (χ2v) is 6.59. The average Bonchev–Trinajstić information content (AvgIpc) is 2.59. The van der Waals surface area contributed by atoms with Crippen LogP contribution in [0.5, 0.6) is 5.75 Å². The maximum absolute atomic E-state index is 12.2. The van der Waals surface area contributed by atoms with Gasteiger partial charge in [-0.2, -0.15) is 0 Å². The highest BCUT2D eigenvalue weighted by Gasteiger charge is 2.50. The smallest absolute Gasteiger partial charge is 0.410 e. The molecule has 0 radical (unpaired) electrons. The van der Waals surface area contributed by atoms with Gasteiger partial charge in [-0.1, -0.05) is 25.0 Å². The van der Waals surface area contributed by atoms with Gasteiger partial charge in [-0.05, 0) is 37.0 Å². The first-order valence-electron chi connectivity index (χ1n) is 8.30. The van der Waals surface area contributed by atoms with Gasteiger partial charge in [0.2, 0.25) is 0 Å². The highest BCUT2D eigenvalue weighted by Crippen LogP contribution is 2.49. The fourth-order valence-corrected chi connectivity index (χ4v) is 4.22. The molecule has 2 unspecified atom stereocenters. The fraction of sp³-hybridized carbons (Fsp3) is 0.611. The SMILES string of the molecule is COC(=O)N1CCC2(O)CCCCC2[C@@H]1c1ccc(OC)cc1. The van der Waals surface area contributed by atoms with E-state index < -0.39 is 5.60 Å². The summed E-state index contributed by atoms with van der Waals surface area (Å²) in [6.07, 6.45) is 4.20. The summed E-state index contributed by atoms with van der Waals surface area (Å²) in [6.45, 7) is 0.524. The van der Waals surface area contributed by atoms with Crippen molar-refractivity contribution in [2.45, 2.75) is 43.7 Å². The molecular weight excluding hydrogens is 294 g/mol. The van der Waals surface area contributed by atoms with Crippen molar-refractivity contribution in [3.05, 3.63) is 29.8 Å². The number of ether oxygens (including phenoxy) is 2. The number of benzene rings is 1. The molecule has 0 spiro atoms. The summed E-state index contributed by atoms with van der Waals surface area (Å²) in [7, 11) is 3.05. The molecule has 126 valence electrons. The monoisotopic (exact) mass is 319 g/mol. The number of carbonyl (C=O) groups excluding carboxylic acids is 1. The lowest BCUT2D eigenvalue weighted by molar-refractivity contribution is -0.117. The summed E-state index contributed by atoms with van der Waals surface area (Å²) in [5.41, 5.74) is 0.356. The number of hydrogen-bond donors (Lipinski definition) is 1. The number of piperidine rings is 1. The van der Waals surface area contributed by atoms with Crippen LogP contribution in [0.2, 0.25) is 0 Å². The van der Waals surface area contributed by atoms with E-state index in [9.17, 15) is 9.90 Å². The van der Waals surface area contributed by atoms with Gasteiger partial charge in [0.05, 0.1) is 25.9 Å². The molecular formula is C18H25NO4. The van der Waals surface area contributed by atoms with Crippen molar-refractivity contribution in [3.63, 3.8) is 0 Å². The third kappa shape index (κ3) is 2.90. The summed E-state index contributed by atoms with van der Waals surface area (Å²) in [6, 6.07) is 7.63. The topological polar surface area (TPSA) is 59.0 Å². The first kappa shape index (κ1) is 16.1. The molecule has 1 aliphatic heterocycles. The van der Waals surface area contributed by atoms with Crippen LogP contribution < -0.4 is 4.74 Å². The van der Waals surface area contributed by atoms with Crippen LogP contribution in [-0.4, -0.2) is 42.5 Å². The molecule has 0 aromatic heterocycles. The number of hydrogen-bond acceptors (Lipinski definition) is 4. The third-order valence-electron chi connectivity index (χ3n) is 5.43. The molecule has 0 bridgehead atoms. The van der Waals surface area contributed by atoms with Crippen molar-refractivity contribution in [3.8, 4) is 5.75 Å². The summed E-state index contributed by atoms with van der Waals surface area (Å²) < 4.78 is 10.2. The summed E-state index contributed by atoms with van der Waals surface area (Å²) in [4.78, 5) is 14.0. The number of carbonyl (C=O) groups is 1. The van der Waals surface area contributed by atoms with Crippen molar-refractivity contribution in [1.29, 1.82) is 0 Å². The Morgan fingerprint density at radius 3 is 2.61 bits per heavy atom. The van der Waals surface area contributed by atoms with Gasteiger partial charge < -0.3 is 19.5 Å². The number of nitrogens with zero attached hydrogens (tertiary/aromatic N) is 1. The van der Waals surface area contributed by atoms with Crippen LogP contribution in [0.1, 0.15) is 43.7 Å². The molecule has 1 amide bonds. The third-order valence-corrected chi connectivity index (χ3v) is 5.43. The van der Waals surface area contributed by atoms with Gasteiger partial charge in [-0.3, -0.25) is 0 Å². The Balaban J connectivity index is 1.98.